The Bertz CT molecular complexity index is 1370. The summed E-state index contributed by atoms with van der Waals surface area (Å²) in [6, 6.07) is 15.0. The number of para-hydroxylation sites is 1. The zero-order valence-electron chi connectivity index (χ0n) is 20.7. The summed E-state index contributed by atoms with van der Waals surface area (Å²) < 4.78 is 2.19. The Labute approximate surface area is 205 Å². The van der Waals surface area contributed by atoms with Gasteiger partial charge in [0, 0.05) is 17.1 Å². The number of amides is 4. The molecule has 0 bridgehead atoms. The first kappa shape index (κ1) is 24.0. The van der Waals surface area contributed by atoms with Crippen LogP contribution in [0.15, 0.2) is 54.2 Å². The van der Waals surface area contributed by atoms with E-state index in [1.807, 2.05) is 45.0 Å². The second-order valence-corrected chi connectivity index (χ2v) is 8.90. The molecule has 2 N–H and O–H groups in total. The monoisotopic (exact) mass is 470 g/mol. The Kier molecular flexibility index (Phi) is 6.60. The molecule has 1 saturated heterocycles. The quantitative estimate of drug-likeness (QED) is 0.401. The minimum Gasteiger partial charge on any atom is -0.325 e. The first-order valence-electron chi connectivity index (χ1n) is 11.7. The summed E-state index contributed by atoms with van der Waals surface area (Å²) >= 11 is 0. The van der Waals surface area contributed by atoms with Gasteiger partial charge in [0.1, 0.15) is 12.2 Å². The van der Waals surface area contributed by atoms with Crippen molar-refractivity contribution < 1.29 is 14.4 Å². The van der Waals surface area contributed by atoms with E-state index in [9.17, 15) is 14.4 Å². The number of carbonyl (C=O) groups excluding carboxylic acids is 3. The lowest BCUT2D eigenvalue weighted by Crippen LogP contribution is -2.38. The van der Waals surface area contributed by atoms with Gasteiger partial charge in [0.25, 0.3) is 5.91 Å². The first-order valence-corrected chi connectivity index (χ1v) is 11.7. The minimum atomic E-state index is -0.610. The summed E-state index contributed by atoms with van der Waals surface area (Å²) in [5.74, 6) is -0.963. The number of nitrogens with one attached hydrogen (secondary N) is 2. The highest BCUT2D eigenvalue weighted by atomic mass is 16.2. The van der Waals surface area contributed by atoms with E-state index >= 15 is 0 Å². The van der Waals surface area contributed by atoms with Crippen molar-refractivity contribution in [2.24, 2.45) is 0 Å². The topological polar surface area (TPSA) is 83.4 Å². The number of aromatic nitrogens is 1. The number of carbonyl (C=O) groups is 3. The molecule has 0 radical (unpaired) electrons. The van der Waals surface area contributed by atoms with Gasteiger partial charge in [0.05, 0.1) is 5.69 Å². The van der Waals surface area contributed by atoms with Gasteiger partial charge in [0.2, 0.25) is 5.91 Å². The molecule has 0 saturated carbocycles. The molecule has 4 rings (SSSR count). The van der Waals surface area contributed by atoms with Gasteiger partial charge in [-0.15, -0.1) is 0 Å². The molecule has 180 valence electrons. The number of hydrogen-bond acceptors (Lipinski definition) is 3. The number of imide groups is 1. The van der Waals surface area contributed by atoms with E-state index in [0.29, 0.717) is 5.69 Å². The smallest absolute Gasteiger partial charge is 0.325 e. The molecule has 3 aromatic rings. The van der Waals surface area contributed by atoms with E-state index in [2.05, 4.69) is 47.2 Å². The summed E-state index contributed by atoms with van der Waals surface area (Å²) in [6.07, 6.45) is 2.58. The molecule has 1 aliphatic rings. The van der Waals surface area contributed by atoms with E-state index in [1.165, 1.54) is 11.1 Å². The van der Waals surface area contributed by atoms with E-state index in [1.54, 1.807) is 12.1 Å². The van der Waals surface area contributed by atoms with E-state index < -0.39 is 17.8 Å². The molecule has 0 atom stereocenters. The lowest BCUT2D eigenvalue weighted by atomic mass is 10.1. The van der Waals surface area contributed by atoms with Crippen LogP contribution in [-0.4, -0.2) is 33.9 Å². The van der Waals surface area contributed by atoms with Crippen LogP contribution < -0.4 is 10.6 Å². The molecular formula is C28H30N4O3. The minimum absolute atomic E-state index is 0.152. The van der Waals surface area contributed by atoms with Crippen LogP contribution in [-0.2, 0) is 16.0 Å². The predicted molar refractivity (Wildman–Crippen MR) is 137 cm³/mol. The first-order chi connectivity index (χ1) is 16.7. The van der Waals surface area contributed by atoms with Crippen LogP contribution in [0.1, 0.15) is 40.6 Å². The highest BCUT2D eigenvalue weighted by Gasteiger charge is 2.35. The number of urea groups is 1. The Morgan fingerprint density at radius 1 is 1.03 bits per heavy atom. The molecule has 0 aliphatic carbocycles. The molecule has 7 nitrogen and oxygen atoms in total. The number of nitrogens with zero attached hydrogens (tertiary/aromatic N) is 2. The summed E-state index contributed by atoms with van der Waals surface area (Å²) in [5.41, 5.74) is 8.16. The van der Waals surface area contributed by atoms with Crippen molar-refractivity contribution in [3.63, 3.8) is 0 Å². The number of anilines is 1. The zero-order valence-corrected chi connectivity index (χ0v) is 20.7. The number of benzene rings is 2. The van der Waals surface area contributed by atoms with Gasteiger partial charge >= 0.3 is 6.03 Å². The molecule has 4 amide bonds. The lowest BCUT2D eigenvalue weighted by Gasteiger charge is -2.17. The third-order valence-corrected chi connectivity index (χ3v) is 6.26. The second kappa shape index (κ2) is 9.62. The Morgan fingerprint density at radius 2 is 1.77 bits per heavy atom. The molecule has 2 aromatic carbocycles. The SMILES string of the molecule is CCc1cccc(C)c1-n1c(C)cc(/C=C2\NC(=O)N(CC(=O)Nc3cccc(C)c3)C2=O)c1C. The normalized spacial score (nSPS) is 14.5. The molecule has 1 aliphatic heterocycles. The molecule has 0 spiro atoms. The third kappa shape index (κ3) is 4.75. The molecule has 7 heteroatoms. The maximum atomic E-state index is 13.0. The van der Waals surface area contributed by atoms with Crippen molar-refractivity contribution in [3.05, 3.63) is 87.9 Å². The molecular weight excluding hydrogens is 440 g/mol. The fraction of sp³-hybridized carbons (Fsp3) is 0.250. The van der Waals surface area contributed by atoms with Gasteiger partial charge in [-0.3, -0.25) is 9.59 Å². The van der Waals surface area contributed by atoms with Gasteiger partial charge in [-0.1, -0.05) is 37.3 Å². The number of aryl methyl sites for hydroxylation is 4. The van der Waals surface area contributed by atoms with Crippen LogP contribution in [0.2, 0.25) is 0 Å². The van der Waals surface area contributed by atoms with E-state index in [4.69, 9.17) is 0 Å². The fourth-order valence-electron chi connectivity index (χ4n) is 4.54. The van der Waals surface area contributed by atoms with Crippen molar-refractivity contribution in [2.45, 2.75) is 41.0 Å². The number of hydrogen-bond donors (Lipinski definition) is 2. The van der Waals surface area contributed by atoms with Crippen molar-refractivity contribution in [2.75, 3.05) is 11.9 Å². The van der Waals surface area contributed by atoms with Gasteiger partial charge in [0.15, 0.2) is 0 Å². The summed E-state index contributed by atoms with van der Waals surface area (Å²) in [6.45, 7) is 9.80. The molecule has 1 fully saturated rings. The highest BCUT2D eigenvalue weighted by molar-refractivity contribution is 6.16. The van der Waals surface area contributed by atoms with Crippen LogP contribution in [0, 0.1) is 27.7 Å². The van der Waals surface area contributed by atoms with E-state index in [0.717, 1.165) is 39.5 Å². The maximum Gasteiger partial charge on any atom is 0.329 e. The fourth-order valence-corrected chi connectivity index (χ4v) is 4.54. The Balaban J connectivity index is 1.58. The van der Waals surface area contributed by atoms with Crippen LogP contribution in [0.5, 0.6) is 0 Å². The van der Waals surface area contributed by atoms with Gasteiger partial charge in [-0.2, -0.15) is 0 Å². The second-order valence-electron chi connectivity index (χ2n) is 8.90. The molecule has 35 heavy (non-hydrogen) atoms. The van der Waals surface area contributed by atoms with Crippen LogP contribution in [0.3, 0.4) is 0 Å². The average Bonchev–Trinajstić information content (AvgIpc) is 3.22. The predicted octanol–water partition coefficient (Wildman–Crippen LogP) is 4.80. The number of rotatable bonds is 6. The van der Waals surface area contributed by atoms with Gasteiger partial charge < -0.3 is 15.2 Å². The summed E-state index contributed by atoms with van der Waals surface area (Å²) in [4.78, 5) is 38.9. The van der Waals surface area contributed by atoms with Gasteiger partial charge in [-0.05, 0) is 80.6 Å². The van der Waals surface area contributed by atoms with Crippen LogP contribution >= 0.6 is 0 Å². The molecule has 0 unspecified atom stereocenters. The van der Waals surface area contributed by atoms with Crippen molar-refractivity contribution in [1.29, 1.82) is 0 Å². The average molecular weight is 471 g/mol. The molecule has 1 aromatic heterocycles. The third-order valence-electron chi connectivity index (χ3n) is 6.26. The Morgan fingerprint density at radius 3 is 2.49 bits per heavy atom. The van der Waals surface area contributed by atoms with Crippen LogP contribution in [0.4, 0.5) is 10.5 Å². The van der Waals surface area contributed by atoms with E-state index in [-0.39, 0.29) is 12.2 Å². The van der Waals surface area contributed by atoms with Crippen LogP contribution in [0.25, 0.3) is 11.8 Å². The highest BCUT2D eigenvalue weighted by Crippen LogP contribution is 2.28. The van der Waals surface area contributed by atoms with Crippen molar-refractivity contribution in [3.8, 4) is 5.69 Å². The summed E-state index contributed by atoms with van der Waals surface area (Å²) in [5, 5.41) is 5.35. The maximum absolute atomic E-state index is 13.0. The Hall–Kier alpha value is -4.13. The van der Waals surface area contributed by atoms with Crippen molar-refractivity contribution in [1.82, 2.24) is 14.8 Å². The molecule has 2 heterocycles. The van der Waals surface area contributed by atoms with Gasteiger partial charge in [-0.25, -0.2) is 9.69 Å². The standard InChI is InChI=1S/C28H30N4O3/c1-6-21-11-8-10-18(3)26(21)32-19(4)14-22(20(32)5)15-24-27(34)31(28(35)30-24)16-25(33)29-23-12-7-9-17(2)13-23/h7-15H,6,16H2,1-5H3,(H,29,33)(H,30,35)/b24-15-. The lowest BCUT2D eigenvalue weighted by molar-refractivity contribution is -0.127. The largest absolute Gasteiger partial charge is 0.329 e. The summed E-state index contributed by atoms with van der Waals surface area (Å²) in [7, 11) is 0. The zero-order chi connectivity index (χ0) is 25.3. The van der Waals surface area contributed by atoms with Crippen molar-refractivity contribution >= 4 is 29.6 Å².